The van der Waals surface area contributed by atoms with Crippen LogP contribution in [0.15, 0.2) is 80.3 Å². The molecule has 0 radical (unpaired) electrons. The van der Waals surface area contributed by atoms with Gasteiger partial charge in [0.25, 0.3) is 0 Å². The highest BCUT2D eigenvalue weighted by atomic mass is 79.9. The Hall–Kier alpha value is -3.43. The molecule has 2 aromatic carbocycles. The van der Waals surface area contributed by atoms with Gasteiger partial charge in [0.2, 0.25) is 17.6 Å². The number of nitrogens with one attached hydrogen (secondary N) is 1. The van der Waals surface area contributed by atoms with E-state index in [1.807, 2.05) is 17.0 Å². The van der Waals surface area contributed by atoms with E-state index in [-0.39, 0.29) is 5.91 Å². The van der Waals surface area contributed by atoms with Crippen molar-refractivity contribution in [2.24, 2.45) is 0 Å². The molecular formula is C29H32BrN5O3. The molecule has 0 spiro atoms. The topological polar surface area (TPSA) is 87.6 Å². The number of halogens is 1. The molecule has 1 aliphatic rings. The predicted molar refractivity (Wildman–Crippen MR) is 149 cm³/mol. The summed E-state index contributed by atoms with van der Waals surface area (Å²) in [4.78, 5) is 22.3. The Kier molecular flexibility index (Phi) is 8.88. The number of rotatable bonds is 7. The molecule has 5 rings (SSSR count). The van der Waals surface area contributed by atoms with Gasteiger partial charge >= 0.3 is 0 Å². The van der Waals surface area contributed by atoms with Crippen LogP contribution >= 0.6 is 15.9 Å². The summed E-state index contributed by atoms with van der Waals surface area (Å²) in [6.07, 6.45) is 4.19. The number of furan rings is 1. The van der Waals surface area contributed by atoms with Crippen LogP contribution < -0.4 is 5.32 Å². The number of fused-ring (bicyclic) bond motifs is 1. The minimum Gasteiger partial charge on any atom is -0.461 e. The van der Waals surface area contributed by atoms with Gasteiger partial charge in [0.15, 0.2) is 5.76 Å². The van der Waals surface area contributed by atoms with E-state index in [0.29, 0.717) is 49.8 Å². The van der Waals surface area contributed by atoms with Crippen LogP contribution in [0.25, 0.3) is 11.6 Å². The smallest absolute Gasteiger partial charge is 0.238 e. The van der Waals surface area contributed by atoms with Crippen LogP contribution in [0.3, 0.4) is 0 Å². The average molecular weight is 579 g/mol. The molecule has 198 valence electrons. The number of nitrogens with zero attached hydrogens (tertiary/aromatic N) is 4. The van der Waals surface area contributed by atoms with Crippen molar-refractivity contribution in [1.29, 1.82) is 0 Å². The minimum absolute atomic E-state index is 0.126. The summed E-state index contributed by atoms with van der Waals surface area (Å²) in [7, 11) is 0. The standard InChI is InChI=1S/C29H32BrN5O3/c30-24-12-13-25-23(19-24)21-35(17-16-34(15-6-14-31-25)20-22-7-2-1-3-8-22)28(36)11-4-10-27-32-29(33-38-27)26-9-5-18-37-26/h1-3,5,7-9,12-13,18-19,31H,4,6,10-11,14-17,20-21H2. The molecule has 2 aromatic heterocycles. The molecule has 0 unspecified atom stereocenters. The number of aryl methyl sites for hydroxylation is 1. The third-order valence-electron chi connectivity index (χ3n) is 6.67. The second-order valence-corrected chi connectivity index (χ2v) is 10.4. The highest BCUT2D eigenvalue weighted by molar-refractivity contribution is 9.10. The van der Waals surface area contributed by atoms with Gasteiger partial charge < -0.3 is 19.2 Å². The first-order chi connectivity index (χ1) is 18.6. The van der Waals surface area contributed by atoms with E-state index in [9.17, 15) is 4.79 Å². The lowest BCUT2D eigenvalue weighted by Crippen LogP contribution is -2.38. The van der Waals surface area contributed by atoms with Crippen molar-refractivity contribution in [1.82, 2.24) is 19.9 Å². The number of amides is 1. The Morgan fingerprint density at radius 2 is 1.95 bits per heavy atom. The van der Waals surface area contributed by atoms with Crippen LogP contribution in [0.4, 0.5) is 5.69 Å². The average Bonchev–Trinajstić information content (AvgIpc) is 3.62. The normalized spacial score (nSPS) is 14.9. The van der Waals surface area contributed by atoms with Crippen LogP contribution in [0.5, 0.6) is 0 Å². The van der Waals surface area contributed by atoms with Gasteiger partial charge in [-0.25, -0.2) is 0 Å². The molecule has 3 heterocycles. The molecule has 0 bridgehead atoms. The summed E-state index contributed by atoms with van der Waals surface area (Å²) in [5.74, 6) is 1.63. The minimum atomic E-state index is 0.126. The quantitative estimate of drug-likeness (QED) is 0.298. The number of benzene rings is 2. The van der Waals surface area contributed by atoms with Crippen molar-refractivity contribution in [2.45, 2.75) is 38.8 Å². The number of anilines is 1. The summed E-state index contributed by atoms with van der Waals surface area (Å²) >= 11 is 3.60. The monoisotopic (exact) mass is 577 g/mol. The van der Waals surface area contributed by atoms with Crippen molar-refractivity contribution < 1.29 is 13.7 Å². The van der Waals surface area contributed by atoms with Crippen LogP contribution in [-0.4, -0.2) is 52.0 Å². The molecule has 0 aliphatic carbocycles. The molecule has 1 N–H and O–H groups in total. The molecule has 4 aromatic rings. The first-order valence-corrected chi connectivity index (χ1v) is 13.9. The van der Waals surface area contributed by atoms with E-state index in [4.69, 9.17) is 8.94 Å². The van der Waals surface area contributed by atoms with Crippen molar-refractivity contribution >= 4 is 27.5 Å². The highest BCUT2D eigenvalue weighted by Crippen LogP contribution is 2.24. The van der Waals surface area contributed by atoms with Crippen molar-refractivity contribution in [3.05, 3.63) is 88.4 Å². The van der Waals surface area contributed by atoms with Crippen LogP contribution in [-0.2, 0) is 24.3 Å². The fourth-order valence-electron chi connectivity index (χ4n) is 4.67. The second kappa shape index (κ2) is 12.9. The molecule has 8 nitrogen and oxygen atoms in total. The van der Waals surface area contributed by atoms with Gasteiger partial charge in [0.1, 0.15) is 0 Å². The van der Waals surface area contributed by atoms with Crippen molar-refractivity contribution in [2.75, 3.05) is 31.5 Å². The Morgan fingerprint density at radius 1 is 1.05 bits per heavy atom. The number of aromatic nitrogens is 2. The van der Waals surface area contributed by atoms with Crippen LogP contribution in [0, 0.1) is 0 Å². The van der Waals surface area contributed by atoms with E-state index in [2.05, 4.69) is 72.7 Å². The third-order valence-corrected chi connectivity index (χ3v) is 7.17. The SMILES string of the molecule is O=C(CCCc1nc(-c2ccco2)no1)N1CCN(Cc2ccccc2)CCCNc2ccc(Br)cc2C1. The first kappa shape index (κ1) is 26.2. The highest BCUT2D eigenvalue weighted by Gasteiger charge is 2.19. The fraction of sp³-hybridized carbons (Fsp3) is 0.345. The molecule has 0 fully saturated rings. The number of hydrogen-bond donors (Lipinski definition) is 1. The zero-order chi connectivity index (χ0) is 26.2. The Balaban J connectivity index is 1.25. The number of hydrogen-bond acceptors (Lipinski definition) is 7. The van der Waals surface area contributed by atoms with Gasteiger partial charge in [-0.15, -0.1) is 0 Å². The van der Waals surface area contributed by atoms with Gasteiger partial charge in [-0.05, 0) is 54.3 Å². The lowest BCUT2D eigenvalue weighted by molar-refractivity contribution is -0.132. The zero-order valence-corrected chi connectivity index (χ0v) is 22.9. The number of carbonyl (C=O) groups excluding carboxylic acids is 1. The maximum absolute atomic E-state index is 13.5. The maximum atomic E-state index is 13.5. The third kappa shape index (κ3) is 7.11. The molecule has 0 atom stereocenters. The van der Waals surface area contributed by atoms with Crippen molar-refractivity contribution in [3.8, 4) is 11.6 Å². The summed E-state index contributed by atoms with van der Waals surface area (Å²) in [5.41, 5.74) is 3.48. The summed E-state index contributed by atoms with van der Waals surface area (Å²) in [5, 5.41) is 7.57. The van der Waals surface area contributed by atoms with E-state index >= 15 is 0 Å². The molecule has 9 heteroatoms. The first-order valence-electron chi connectivity index (χ1n) is 13.1. The largest absolute Gasteiger partial charge is 0.461 e. The summed E-state index contributed by atoms with van der Waals surface area (Å²) in [6, 6.07) is 20.3. The van der Waals surface area contributed by atoms with Gasteiger partial charge in [0, 0.05) is 62.3 Å². The summed E-state index contributed by atoms with van der Waals surface area (Å²) in [6.45, 7) is 4.77. The van der Waals surface area contributed by atoms with Gasteiger partial charge in [-0.3, -0.25) is 9.69 Å². The predicted octanol–water partition coefficient (Wildman–Crippen LogP) is 5.76. The Bertz CT molecular complexity index is 1310. The Morgan fingerprint density at radius 3 is 2.79 bits per heavy atom. The number of carbonyl (C=O) groups is 1. The van der Waals surface area contributed by atoms with Crippen LogP contribution in [0.1, 0.15) is 36.3 Å². The lowest BCUT2D eigenvalue weighted by Gasteiger charge is -2.28. The fourth-order valence-corrected chi connectivity index (χ4v) is 5.08. The van der Waals surface area contributed by atoms with E-state index < -0.39 is 0 Å². The molecule has 38 heavy (non-hydrogen) atoms. The van der Waals surface area contributed by atoms with Gasteiger partial charge in [-0.1, -0.05) is 51.4 Å². The molecule has 0 saturated carbocycles. The molecular weight excluding hydrogens is 546 g/mol. The molecule has 1 aliphatic heterocycles. The van der Waals surface area contributed by atoms with E-state index in [0.717, 1.165) is 48.3 Å². The lowest BCUT2D eigenvalue weighted by atomic mass is 10.1. The van der Waals surface area contributed by atoms with Gasteiger partial charge in [-0.2, -0.15) is 4.98 Å². The van der Waals surface area contributed by atoms with Crippen LogP contribution in [0.2, 0.25) is 0 Å². The molecule has 1 amide bonds. The van der Waals surface area contributed by atoms with E-state index in [1.165, 1.54) is 5.56 Å². The second-order valence-electron chi connectivity index (χ2n) is 9.50. The zero-order valence-electron chi connectivity index (χ0n) is 21.3. The van der Waals surface area contributed by atoms with Crippen molar-refractivity contribution in [3.63, 3.8) is 0 Å². The summed E-state index contributed by atoms with van der Waals surface area (Å²) < 4.78 is 11.7. The molecule has 0 saturated heterocycles. The van der Waals surface area contributed by atoms with E-state index in [1.54, 1.807) is 18.4 Å². The Labute approximate surface area is 231 Å². The maximum Gasteiger partial charge on any atom is 0.238 e. The van der Waals surface area contributed by atoms with Gasteiger partial charge in [0.05, 0.1) is 6.26 Å².